The van der Waals surface area contributed by atoms with Gasteiger partial charge in [0.2, 0.25) is 5.91 Å². The number of aryl methyl sites for hydroxylation is 1. The second-order valence-electron chi connectivity index (χ2n) is 12.2. The monoisotopic (exact) mass is 610 g/mol. The molecule has 1 amide bonds. The predicted molar refractivity (Wildman–Crippen MR) is 167 cm³/mol. The molecule has 0 saturated carbocycles. The van der Waals surface area contributed by atoms with Gasteiger partial charge >= 0.3 is 0 Å². The second kappa shape index (κ2) is 12.1. The summed E-state index contributed by atoms with van der Waals surface area (Å²) in [5, 5.41) is 5.55. The van der Waals surface area contributed by atoms with Crippen LogP contribution in [0.25, 0.3) is 22.3 Å². The highest BCUT2D eigenvalue weighted by Gasteiger charge is 2.35. The highest BCUT2D eigenvalue weighted by molar-refractivity contribution is 5.98. The summed E-state index contributed by atoms with van der Waals surface area (Å²) in [6, 6.07) is 11.5. The molecule has 0 aliphatic carbocycles. The van der Waals surface area contributed by atoms with Crippen LogP contribution in [-0.4, -0.2) is 53.1 Å². The zero-order valence-corrected chi connectivity index (χ0v) is 25.7. The molecule has 0 unspecified atom stereocenters. The molecule has 2 aromatic carbocycles. The van der Waals surface area contributed by atoms with Crippen molar-refractivity contribution < 1.29 is 18.7 Å². The minimum atomic E-state index is -0.489. The first-order valence-electron chi connectivity index (χ1n) is 14.8. The Balaban J connectivity index is 1.21. The Kier molecular flexibility index (Phi) is 8.05. The van der Waals surface area contributed by atoms with Crippen molar-refractivity contribution in [1.29, 1.82) is 0 Å². The molecular formula is C33H35FN8O3. The fourth-order valence-electron chi connectivity index (χ4n) is 5.44. The third kappa shape index (κ3) is 6.54. The van der Waals surface area contributed by atoms with E-state index in [1.807, 2.05) is 42.5 Å². The largest absolute Gasteiger partial charge is 0.489 e. The van der Waals surface area contributed by atoms with Crippen molar-refractivity contribution in [3.05, 3.63) is 78.4 Å². The van der Waals surface area contributed by atoms with E-state index in [1.165, 1.54) is 18.5 Å². The molecule has 12 heteroatoms. The normalized spacial score (nSPS) is 15.0. The first-order chi connectivity index (χ1) is 21.5. The minimum Gasteiger partial charge on any atom is -0.489 e. The van der Waals surface area contributed by atoms with Gasteiger partial charge in [-0.2, -0.15) is 5.10 Å². The summed E-state index contributed by atoms with van der Waals surface area (Å²) in [7, 11) is 0. The number of carbonyl (C=O) groups is 1. The summed E-state index contributed by atoms with van der Waals surface area (Å²) >= 11 is 0. The number of ether oxygens (including phenoxy) is 2. The number of nitrogens with two attached hydrogens (primary N) is 1. The van der Waals surface area contributed by atoms with E-state index >= 15 is 0 Å². The van der Waals surface area contributed by atoms with Crippen molar-refractivity contribution in [3.8, 4) is 28.5 Å². The van der Waals surface area contributed by atoms with E-state index in [-0.39, 0.29) is 24.3 Å². The zero-order valence-electron chi connectivity index (χ0n) is 25.7. The average Bonchev–Trinajstić information content (AvgIpc) is 3.62. The maximum absolute atomic E-state index is 14.4. The van der Waals surface area contributed by atoms with Gasteiger partial charge in [-0.25, -0.2) is 29.0 Å². The first-order valence-corrected chi connectivity index (χ1v) is 14.8. The third-order valence-corrected chi connectivity index (χ3v) is 7.67. The molecule has 45 heavy (non-hydrogen) atoms. The summed E-state index contributed by atoms with van der Waals surface area (Å²) < 4.78 is 28.0. The lowest BCUT2D eigenvalue weighted by Gasteiger charge is -2.31. The van der Waals surface area contributed by atoms with Crippen LogP contribution in [0.3, 0.4) is 0 Å². The summed E-state index contributed by atoms with van der Waals surface area (Å²) in [5.41, 5.74) is 8.65. The Morgan fingerprint density at radius 1 is 1.02 bits per heavy atom. The molecule has 1 aliphatic rings. The topological polar surface area (TPSA) is 134 Å². The lowest BCUT2D eigenvalue weighted by Crippen LogP contribution is -2.44. The smallest absolute Gasteiger partial charge is 0.228 e. The Morgan fingerprint density at radius 3 is 2.49 bits per heavy atom. The molecule has 0 bridgehead atoms. The van der Waals surface area contributed by atoms with Crippen LogP contribution in [0.15, 0.2) is 61.2 Å². The predicted octanol–water partition coefficient (Wildman–Crippen LogP) is 5.72. The molecule has 1 saturated heterocycles. The number of hydrogen-bond acceptors (Lipinski definition) is 9. The van der Waals surface area contributed by atoms with Crippen molar-refractivity contribution >= 4 is 22.8 Å². The molecule has 5 aromatic rings. The summed E-state index contributed by atoms with van der Waals surface area (Å²) in [6.45, 7) is 9.04. The van der Waals surface area contributed by atoms with Crippen LogP contribution in [0.5, 0.6) is 17.2 Å². The van der Waals surface area contributed by atoms with E-state index in [1.54, 1.807) is 37.5 Å². The number of hydrogen-bond donors (Lipinski definition) is 1. The van der Waals surface area contributed by atoms with Gasteiger partial charge < -0.3 is 20.1 Å². The van der Waals surface area contributed by atoms with Crippen LogP contribution in [-0.2, 0) is 17.9 Å². The van der Waals surface area contributed by atoms with Crippen molar-refractivity contribution in [3.63, 3.8) is 0 Å². The van der Waals surface area contributed by atoms with Gasteiger partial charge in [0, 0.05) is 53.7 Å². The fourth-order valence-corrected chi connectivity index (χ4v) is 5.44. The van der Waals surface area contributed by atoms with Crippen LogP contribution < -0.4 is 15.2 Å². The number of nitrogens with zero attached hydrogens (tertiary/aromatic N) is 7. The van der Waals surface area contributed by atoms with Crippen LogP contribution >= 0.6 is 0 Å². The summed E-state index contributed by atoms with van der Waals surface area (Å²) in [5.74, 6) is 1.73. The van der Waals surface area contributed by atoms with Gasteiger partial charge in [0.15, 0.2) is 5.65 Å². The van der Waals surface area contributed by atoms with Crippen molar-refractivity contribution in [2.24, 2.45) is 5.41 Å². The summed E-state index contributed by atoms with van der Waals surface area (Å²) in [6.07, 6.45) is 6.60. The lowest BCUT2D eigenvalue weighted by atomic mass is 9.94. The van der Waals surface area contributed by atoms with Crippen LogP contribution in [0, 0.1) is 18.2 Å². The lowest BCUT2D eigenvalue weighted by molar-refractivity contribution is -0.140. The Morgan fingerprint density at radius 2 is 1.76 bits per heavy atom. The fraction of sp³-hybridized carbons (Fsp3) is 0.333. The van der Waals surface area contributed by atoms with Gasteiger partial charge in [-0.15, -0.1) is 0 Å². The van der Waals surface area contributed by atoms with Crippen LogP contribution in [0.2, 0.25) is 0 Å². The molecule has 3 aromatic heterocycles. The molecule has 1 aliphatic heterocycles. The van der Waals surface area contributed by atoms with Crippen molar-refractivity contribution in [1.82, 2.24) is 34.6 Å². The quantitative estimate of drug-likeness (QED) is 0.234. The maximum atomic E-state index is 14.4. The van der Waals surface area contributed by atoms with Gasteiger partial charge in [-0.1, -0.05) is 20.8 Å². The van der Waals surface area contributed by atoms with Crippen molar-refractivity contribution in [2.75, 3.05) is 12.3 Å². The van der Waals surface area contributed by atoms with E-state index < -0.39 is 11.2 Å². The molecule has 232 valence electrons. The molecule has 1 fully saturated rings. The highest BCUT2D eigenvalue weighted by Crippen LogP contribution is 2.34. The average molecular weight is 611 g/mol. The number of benzene rings is 2. The number of halogens is 1. The van der Waals surface area contributed by atoms with Gasteiger partial charge in [0.05, 0.1) is 18.0 Å². The zero-order chi connectivity index (χ0) is 31.7. The first kappa shape index (κ1) is 29.9. The van der Waals surface area contributed by atoms with E-state index in [2.05, 4.69) is 19.9 Å². The number of fused-ring (bicyclic) bond motifs is 1. The Hall–Kier alpha value is -5.13. The van der Waals surface area contributed by atoms with Crippen LogP contribution in [0.1, 0.15) is 45.0 Å². The molecular weight excluding hydrogens is 575 g/mol. The number of rotatable bonds is 8. The summed E-state index contributed by atoms with van der Waals surface area (Å²) in [4.78, 5) is 32.1. The Bertz CT molecular complexity index is 1830. The highest BCUT2D eigenvalue weighted by atomic mass is 19.1. The van der Waals surface area contributed by atoms with E-state index in [0.717, 1.165) is 30.5 Å². The van der Waals surface area contributed by atoms with Crippen LogP contribution in [0.4, 0.5) is 10.2 Å². The van der Waals surface area contributed by atoms with Gasteiger partial charge in [-0.3, -0.25) is 4.79 Å². The van der Waals surface area contributed by atoms with E-state index in [9.17, 15) is 9.18 Å². The number of nitrogen functional groups attached to an aromatic ring is 1. The number of amides is 1. The molecule has 1 atom stereocenters. The molecule has 2 N–H and O–H groups in total. The number of anilines is 1. The standard InChI is InChI=1S/C33H35FN8O3/c1-20-36-15-21(16-37-20)18-44-26-12-23(34)13-27(14-26)45-25-9-7-22(8-10-25)29-28-30(35)38-19-39-31(28)42(40-29)17-24-6-5-11-41(24)32(43)33(2,3)4/h7-10,12-16,19,24H,5-6,11,17-18H2,1-4H3,(H2,35,38,39)/t24-/m1/s1. The molecule has 0 radical (unpaired) electrons. The van der Waals surface area contributed by atoms with Crippen molar-refractivity contribution in [2.45, 2.75) is 59.7 Å². The van der Waals surface area contributed by atoms with E-state index in [0.29, 0.717) is 46.4 Å². The van der Waals surface area contributed by atoms with Gasteiger partial charge in [0.25, 0.3) is 0 Å². The Labute approximate surface area is 260 Å². The van der Waals surface area contributed by atoms with Gasteiger partial charge in [0.1, 0.15) is 53.3 Å². The SMILES string of the molecule is Cc1ncc(COc2cc(F)cc(Oc3ccc(-c4nn(C[C@H]5CCCN5C(=O)C(C)(C)C)c5ncnc(N)c45)cc3)c2)cn1. The molecule has 11 nitrogen and oxygen atoms in total. The second-order valence-corrected chi connectivity index (χ2v) is 12.2. The molecule has 4 heterocycles. The maximum Gasteiger partial charge on any atom is 0.228 e. The number of carbonyl (C=O) groups excluding carboxylic acids is 1. The number of aromatic nitrogens is 6. The molecule has 6 rings (SSSR count). The molecule has 0 spiro atoms. The van der Waals surface area contributed by atoms with E-state index in [4.69, 9.17) is 20.3 Å². The number of likely N-dealkylation sites (tertiary alicyclic amines) is 1. The van der Waals surface area contributed by atoms with Gasteiger partial charge in [-0.05, 0) is 44.0 Å². The minimum absolute atomic E-state index is 0.00463. The third-order valence-electron chi connectivity index (χ3n) is 7.67.